The van der Waals surface area contributed by atoms with Gasteiger partial charge in [0, 0.05) is 12.0 Å². The van der Waals surface area contributed by atoms with E-state index in [1.807, 2.05) is 39.0 Å². The fraction of sp³-hybridized carbons (Fsp3) is 0.680. The number of carbonyl (C=O) groups excluding carboxylic acids is 2. The van der Waals surface area contributed by atoms with Crippen molar-refractivity contribution in [3.05, 3.63) is 29.3 Å². The van der Waals surface area contributed by atoms with Crippen LogP contribution in [-0.2, 0) is 27.2 Å². The van der Waals surface area contributed by atoms with Crippen LogP contribution >= 0.6 is 0 Å². The number of amides is 1. The first-order valence-corrected chi connectivity index (χ1v) is 13.8. The Morgan fingerprint density at radius 2 is 1.59 bits per heavy atom. The molecule has 0 aromatic heterocycles. The maximum atomic E-state index is 13.0. The third-order valence-corrected chi connectivity index (χ3v) is 12.4. The number of nitrogens with zero attached hydrogens (tertiary/aromatic N) is 1. The molecule has 1 atom stereocenters. The van der Waals surface area contributed by atoms with Gasteiger partial charge < -0.3 is 13.9 Å². The molecule has 1 aromatic rings. The van der Waals surface area contributed by atoms with Crippen molar-refractivity contribution in [1.29, 1.82) is 0 Å². The minimum absolute atomic E-state index is 0.249. The monoisotopic (exact) mass is 463 g/mol. The molecule has 1 aromatic carbocycles. The van der Waals surface area contributed by atoms with Gasteiger partial charge in [0.25, 0.3) is 8.32 Å². The van der Waals surface area contributed by atoms with Gasteiger partial charge in [-0.15, -0.1) is 0 Å². The summed E-state index contributed by atoms with van der Waals surface area (Å²) in [6, 6.07) is 5.26. The molecule has 1 heterocycles. The zero-order valence-electron chi connectivity index (χ0n) is 21.4. The third kappa shape index (κ3) is 5.30. The average molecular weight is 464 g/mol. The maximum Gasteiger partial charge on any atom is 0.411 e. The number of rotatable bonds is 6. The van der Waals surface area contributed by atoms with Crippen LogP contribution in [0, 0.1) is 0 Å². The van der Waals surface area contributed by atoms with Gasteiger partial charge in [-0.25, -0.2) is 9.59 Å². The number of esters is 1. The number of hydrogen-bond acceptors (Lipinski definition) is 5. The topological polar surface area (TPSA) is 65.1 Å². The molecule has 6 nitrogen and oxygen atoms in total. The van der Waals surface area contributed by atoms with Crippen molar-refractivity contribution in [2.75, 3.05) is 7.11 Å². The van der Waals surface area contributed by atoms with Crippen molar-refractivity contribution < 1.29 is 23.5 Å². The SMILES string of the molecule is COC(=O)C1Cc2cccc(O[Si](C(C)C)(C(C)C)C(C)C)c2CN1C(=O)OC(C)(C)C. The largest absolute Gasteiger partial charge is 0.542 e. The number of methoxy groups -OCH3 is 1. The summed E-state index contributed by atoms with van der Waals surface area (Å²) in [5, 5.41) is 0. The molecule has 32 heavy (non-hydrogen) atoms. The summed E-state index contributed by atoms with van der Waals surface area (Å²) >= 11 is 0. The van der Waals surface area contributed by atoms with Crippen LogP contribution in [-0.4, -0.2) is 44.0 Å². The standard InChI is InChI=1S/C25H41NO5Si/c1-16(2)32(17(3)4,18(5)6)31-22-13-11-12-19-14-21(23(27)29-10)26(15-20(19)22)24(28)30-25(7,8)9/h11-13,16-18,21H,14-15H2,1-10H3. The number of fused-ring (bicyclic) bond motifs is 1. The van der Waals surface area contributed by atoms with E-state index in [-0.39, 0.29) is 6.54 Å². The number of hydrogen-bond donors (Lipinski definition) is 0. The normalized spacial score (nSPS) is 16.9. The van der Waals surface area contributed by atoms with E-state index < -0.39 is 32.0 Å². The second kappa shape index (κ2) is 9.85. The molecule has 180 valence electrons. The zero-order chi connectivity index (χ0) is 24.4. The molecule has 1 aliphatic heterocycles. The van der Waals surface area contributed by atoms with E-state index in [4.69, 9.17) is 13.9 Å². The quantitative estimate of drug-likeness (QED) is 0.378. The molecule has 2 rings (SSSR count). The van der Waals surface area contributed by atoms with Gasteiger partial charge in [-0.3, -0.25) is 4.90 Å². The number of carbonyl (C=O) groups is 2. The zero-order valence-corrected chi connectivity index (χ0v) is 22.4. The van der Waals surface area contributed by atoms with Gasteiger partial charge in [0.2, 0.25) is 0 Å². The first-order chi connectivity index (χ1) is 14.7. The lowest BCUT2D eigenvalue weighted by Crippen LogP contribution is -2.52. The predicted octanol–water partition coefficient (Wildman–Crippen LogP) is 6.08. The molecule has 0 saturated heterocycles. The number of benzene rings is 1. The van der Waals surface area contributed by atoms with E-state index >= 15 is 0 Å². The van der Waals surface area contributed by atoms with Crippen molar-refractivity contribution >= 4 is 20.4 Å². The van der Waals surface area contributed by atoms with E-state index in [2.05, 4.69) is 41.5 Å². The van der Waals surface area contributed by atoms with Gasteiger partial charge in [0.05, 0.1) is 13.7 Å². The molecule has 0 bridgehead atoms. The highest BCUT2D eigenvalue weighted by Crippen LogP contribution is 2.44. The first-order valence-electron chi connectivity index (χ1n) is 11.6. The molecule has 7 heteroatoms. The Hall–Kier alpha value is -2.02. The molecule has 0 saturated carbocycles. The third-order valence-electron chi connectivity index (χ3n) is 6.44. The van der Waals surface area contributed by atoms with Crippen LogP contribution in [0.5, 0.6) is 5.75 Å². The summed E-state index contributed by atoms with van der Waals surface area (Å²) in [5.41, 5.74) is 2.57. The summed E-state index contributed by atoms with van der Waals surface area (Å²) in [6.45, 7) is 19.2. The molecule has 0 fully saturated rings. The van der Waals surface area contributed by atoms with Gasteiger partial charge in [-0.1, -0.05) is 53.7 Å². The fourth-order valence-electron chi connectivity index (χ4n) is 5.08. The van der Waals surface area contributed by atoms with Crippen LogP contribution in [0.25, 0.3) is 0 Å². The number of ether oxygens (including phenoxy) is 2. The van der Waals surface area contributed by atoms with E-state index in [0.29, 0.717) is 23.0 Å². The molecule has 1 aliphatic rings. The Bertz CT molecular complexity index is 806. The van der Waals surface area contributed by atoms with Crippen LogP contribution in [0.3, 0.4) is 0 Å². The Morgan fingerprint density at radius 1 is 1.03 bits per heavy atom. The van der Waals surface area contributed by atoms with Crippen molar-refractivity contribution in [3.63, 3.8) is 0 Å². The van der Waals surface area contributed by atoms with Crippen molar-refractivity contribution in [2.24, 2.45) is 0 Å². The molecular weight excluding hydrogens is 422 g/mol. The lowest BCUT2D eigenvalue weighted by molar-refractivity contribution is -0.147. The maximum absolute atomic E-state index is 13.0. The second-order valence-corrected chi connectivity index (χ2v) is 16.0. The Balaban J connectivity index is 2.53. The van der Waals surface area contributed by atoms with Gasteiger partial charge in [-0.2, -0.15) is 0 Å². The Kier molecular flexibility index (Phi) is 8.08. The second-order valence-electron chi connectivity index (χ2n) is 10.7. The van der Waals surface area contributed by atoms with Crippen LogP contribution in [0.4, 0.5) is 4.79 Å². The van der Waals surface area contributed by atoms with E-state index in [1.165, 1.54) is 12.0 Å². The highest BCUT2D eigenvalue weighted by atomic mass is 28.4. The van der Waals surface area contributed by atoms with Crippen LogP contribution in [0.1, 0.15) is 73.4 Å². The van der Waals surface area contributed by atoms with Crippen LogP contribution in [0.2, 0.25) is 16.6 Å². The lowest BCUT2D eigenvalue weighted by Gasteiger charge is -2.44. The summed E-state index contributed by atoms with van der Waals surface area (Å²) in [5.74, 6) is 0.380. The molecule has 0 aliphatic carbocycles. The van der Waals surface area contributed by atoms with E-state index in [9.17, 15) is 9.59 Å². The van der Waals surface area contributed by atoms with Gasteiger partial charge in [0.1, 0.15) is 17.4 Å². The van der Waals surface area contributed by atoms with Crippen molar-refractivity contribution in [3.8, 4) is 5.75 Å². The summed E-state index contributed by atoms with van der Waals surface area (Å²) in [4.78, 5) is 27.1. The molecule has 0 spiro atoms. The molecule has 1 unspecified atom stereocenters. The van der Waals surface area contributed by atoms with Crippen LogP contribution < -0.4 is 4.43 Å². The predicted molar refractivity (Wildman–Crippen MR) is 129 cm³/mol. The van der Waals surface area contributed by atoms with Crippen LogP contribution in [0.15, 0.2) is 18.2 Å². The van der Waals surface area contributed by atoms with Crippen molar-refractivity contribution in [2.45, 2.75) is 104 Å². The Morgan fingerprint density at radius 3 is 2.06 bits per heavy atom. The summed E-state index contributed by atoms with van der Waals surface area (Å²) in [6.07, 6.45) is -0.147. The van der Waals surface area contributed by atoms with Gasteiger partial charge in [0.15, 0.2) is 0 Å². The van der Waals surface area contributed by atoms with Gasteiger partial charge >= 0.3 is 12.1 Å². The summed E-state index contributed by atoms with van der Waals surface area (Å²) < 4.78 is 17.6. The smallest absolute Gasteiger partial charge is 0.411 e. The van der Waals surface area contributed by atoms with Crippen molar-refractivity contribution in [1.82, 2.24) is 4.90 Å². The highest BCUT2D eigenvalue weighted by molar-refractivity contribution is 6.78. The fourth-order valence-corrected chi connectivity index (χ4v) is 10.4. The van der Waals surface area contributed by atoms with E-state index in [1.54, 1.807) is 0 Å². The lowest BCUT2D eigenvalue weighted by atomic mass is 9.93. The molecule has 1 amide bonds. The molecular formula is C25H41NO5Si. The Labute approximate surface area is 194 Å². The highest BCUT2D eigenvalue weighted by Gasteiger charge is 2.48. The minimum atomic E-state index is -2.19. The molecule has 0 radical (unpaired) electrons. The van der Waals surface area contributed by atoms with E-state index in [0.717, 1.165) is 16.9 Å². The van der Waals surface area contributed by atoms with Gasteiger partial charge in [-0.05, 0) is 49.0 Å². The minimum Gasteiger partial charge on any atom is -0.542 e. The summed E-state index contributed by atoms with van der Waals surface area (Å²) in [7, 11) is -0.841. The average Bonchev–Trinajstić information content (AvgIpc) is 2.68. The first kappa shape index (κ1) is 26.2. The molecule has 0 N–H and O–H groups in total.